The Morgan fingerprint density at radius 2 is 1.76 bits per heavy atom. The van der Waals surface area contributed by atoms with Crippen LogP contribution in [0.3, 0.4) is 0 Å². The van der Waals surface area contributed by atoms with Crippen molar-refractivity contribution >= 4 is 18.2 Å². The van der Waals surface area contributed by atoms with Crippen molar-refractivity contribution in [2.75, 3.05) is 19.6 Å². The number of aromatic hydroxyl groups is 1. The van der Waals surface area contributed by atoms with Gasteiger partial charge >= 0.3 is 18.2 Å². The number of likely N-dealkylation sites (N-methyl/N-ethyl adjacent to an activating group) is 1. The smallest absolute Gasteiger partial charge is 0.412 e. The summed E-state index contributed by atoms with van der Waals surface area (Å²) < 4.78 is 15.9. The first-order chi connectivity index (χ1) is 15.7. The number of phenolic OH excluding ortho intramolecular Hbond substituents is 1. The summed E-state index contributed by atoms with van der Waals surface area (Å²) in [5, 5.41) is 22.5. The molecule has 0 spiro atoms. The summed E-state index contributed by atoms with van der Waals surface area (Å²) in [4.78, 5) is 38.2. The van der Waals surface area contributed by atoms with E-state index in [1.54, 1.807) is 60.6 Å². The number of ether oxygens (including phenoxy) is 3. The number of hydrogen-bond acceptors (Lipinski definition) is 8. The molecule has 10 nitrogen and oxygen atoms in total. The lowest BCUT2D eigenvalue weighted by Gasteiger charge is -2.28. The third kappa shape index (κ3) is 10.3. The molecular formula is C24H38N2O8. The molecule has 0 fully saturated rings. The van der Waals surface area contributed by atoms with E-state index in [0.29, 0.717) is 5.56 Å². The standard InChI is InChI=1S/C24H38N2O8/c1-8-26(14-19(28)17-10-9-11-18(27)12-17)23(31)33-21(15(2)3)32-20(29)16(4)13-25-22(30)34-24(5,6)7/h9-12,15-16,19,21,27-28H,8,13-14H2,1-7H3,(H,25,30). The average Bonchev–Trinajstić information content (AvgIpc) is 2.73. The van der Waals surface area contributed by atoms with Crippen molar-refractivity contribution in [3.63, 3.8) is 0 Å². The van der Waals surface area contributed by atoms with Crippen LogP contribution in [0.1, 0.15) is 60.1 Å². The van der Waals surface area contributed by atoms with E-state index in [0.717, 1.165) is 0 Å². The Kier molecular flexibility index (Phi) is 11.1. The lowest BCUT2D eigenvalue weighted by Crippen LogP contribution is -2.41. The molecule has 3 N–H and O–H groups in total. The Morgan fingerprint density at radius 3 is 2.29 bits per heavy atom. The highest BCUT2D eigenvalue weighted by Crippen LogP contribution is 2.20. The zero-order chi connectivity index (χ0) is 26.1. The quantitative estimate of drug-likeness (QED) is 0.340. The van der Waals surface area contributed by atoms with Crippen LogP contribution in [0.2, 0.25) is 0 Å². The van der Waals surface area contributed by atoms with E-state index >= 15 is 0 Å². The van der Waals surface area contributed by atoms with Gasteiger partial charge in [0, 0.05) is 19.0 Å². The monoisotopic (exact) mass is 482 g/mol. The molecule has 0 radical (unpaired) electrons. The molecule has 0 aromatic heterocycles. The van der Waals surface area contributed by atoms with Gasteiger partial charge in [0.15, 0.2) is 0 Å². The second-order valence-electron chi connectivity index (χ2n) is 9.37. The Hall–Kier alpha value is -3.01. The van der Waals surface area contributed by atoms with Crippen molar-refractivity contribution in [2.45, 2.75) is 66.5 Å². The van der Waals surface area contributed by atoms with Crippen molar-refractivity contribution in [1.29, 1.82) is 0 Å². The van der Waals surface area contributed by atoms with Gasteiger partial charge in [-0.25, -0.2) is 9.59 Å². The number of nitrogens with zero attached hydrogens (tertiary/aromatic N) is 1. The van der Waals surface area contributed by atoms with Crippen molar-refractivity contribution in [1.82, 2.24) is 10.2 Å². The van der Waals surface area contributed by atoms with Crippen LogP contribution in [0.15, 0.2) is 24.3 Å². The number of phenols is 1. The van der Waals surface area contributed by atoms with E-state index in [1.807, 2.05) is 0 Å². The molecular weight excluding hydrogens is 444 g/mol. The lowest BCUT2D eigenvalue weighted by molar-refractivity contribution is -0.180. The van der Waals surface area contributed by atoms with E-state index in [2.05, 4.69) is 5.32 Å². The molecule has 3 atom stereocenters. The minimum Gasteiger partial charge on any atom is -0.508 e. The van der Waals surface area contributed by atoms with Gasteiger partial charge < -0.3 is 34.6 Å². The Labute approximate surface area is 201 Å². The number of aliphatic hydroxyl groups is 1. The van der Waals surface area contributed by atoms with Gasteiger partial charge in [0.25, 0.3) is 6.29 Å². The molecule has 0 heterocycles. The molecule has 2 amide bonds. The number of carbonyl (C=O) groups excluding carboxylic acids is 3. The van der Waals surface area contributed by atoms with Gasteiger partial charge in [0.2, 0.25) is 0 Å². The molecule has 0 saturated carbocycles. The largest absolute Gasteiger partial charge is 0.508 e. The number of rotatable bonds is 10. The molecule has 34 heavy (non-hydrogen) atoms. The maximum absolute atomic E-state index is 12.7. The zero-order valence-electron chi connectivity index (χ0n) is 21.0. The fraction of sp³-hybridized carbons (Fsp3) is 0.625. The number of amides is 2. The SMILES string of the molecule is CCN(CC(O)c1cccc(O)c1)C(=O)OC(OC(=O)C(C)CNC(=O)OC(C)(C)C)C(C)C. The molecule has 0 aliphatic carbocycles. The molecule has 192 valence electrons. The van der Waals surface area contributed by atoms with Gasteiger partial charge in [-0.15, -0.1) is 0 Å². The van der Waals surface area contributed by atoms with Gasteiger partial charge in [0.1, 0.15) is 11.4 Å². The number of nitrogens with one attached hydrogen (secondary N) is 1. The van der Waals surface area contributed by atoms with E-state index in [9.17, 15) is 24.6 Å². The topological polar surface area (TPSA) is 135 Å². The van der Waals surface area contributed by atoms with Crippen molar-refractivity contribution in [3.8, 4) is 5.75 Å². The number of carbonyl (C=O) groups is 3. The predicted octanol–water partition coefficient (Wildman–Crippen LogP) is 3.57. The normalized spacial score (nSPS) is 14.0. The molecule has 0 aliphatic rings. The van der Waals surface area contributed by atoms with Crippen LogP contribution in [0, 0.1) is 11.8 Å². The molecule has 1 aromatic rings. The third-order valence-corrected chi connectivity index (χ3v) is 4.64. The summed E-state index contributed by atoms with van der Waals surface area (Å²) in [6.45, 7) is 12.1. The molecule has 1 rings (SSSR count). The first kappa shape index (κ1) is 29.0. The summed E-state index contributed by atoms with van der Waals surface area (Å²) >= 11 is 0. The Morgan fingerprint density at radius 1 is 1.12 bits per heavy atom. The number of alkyl carbamates (subject to hydrolysis) is 1. The predicted molar refractivity (Wildman–Crippen MR) is 125 cm³/mol. The zero-order valence-corrected chi connectivity index (χ0v) is 21.0. The molecule has 1 aromatic carbocycles. The Bertz CT molecular complexity index is 821. The van der Waals surface area contributed by atoms with E-state index in [1.165, 1.54) is 17.0 Å². The molecule has 10 heteroatoms. The van der Waals surface area contributed by atoms with E-state index in [4.69, 9.17) is 14.2 Å². The van der Waals surface area contributed by atoms with Crippen LogP contribution in [-0.4, -0.2) is 64.8 Å². The summed E-state index contributed by atoms with van der Waals surface area (Å²) in [6.07, 6.45) is -3.61. The molecule has 0 bridgehead atoms. The summed E-state index contributed by atoms with van der Waals surface area (Å²) in [5.41, 5.74) is -0.214. The van der Waals surface area contributed by atoms with Gasteiger partial charge in [-0.3, -0.25) is 4.79 Å². The van der Waals surface area contributed by atoms with Crippen LogP contribution < -0.4 is 5.32 Å². The van der Waals surface area contributed by atoms with Crippen molar-refractivity contribution in [3.05, 3.63) is 29.8 Å². The highest BCUT2D eigenvalue weighted by molar-refractivity contribution is 5.74. The summed E-state index contributed by atoms with van der Waals surface area (Å²) in [6, 6.07) is 6.12. The summed E-state index contributed by atoms with van der Waals surface area (Å²) in [5.74, 6) is -1.69. The minimum atomic E-state index is -1.16. The number of hydrogen-bond donors (Lipinski definition) is 3. The maximum Gasteiger partial charge on any atom is 0.412 e. The van der Waals surface area contributed by atoms with E-state index in [-0.39, 0.29) is 31.3 Å². The first-order valence-electron chi connectivity index (χ1n) is 11.3. The van der Waals surface area contributed by atoms with Crippen LogP contribution in [-0.2, 0) is 19.0 Å². The molecule has 3 unspecified atom stereocenters. The van der Waals surface area contributed by atoms with Crippen LogP contribution >= 0.6 is 0 Å². The number of aliphatic hydroxyl groups excluding tert-OH is 1. The van der Waals surface area contributed by atoms with Crippen molar-refractivity contribution < 1.29 is 38.8 Å². The summed E-state index contributed by atoms with van der Waals surface area (Å²) in [7, 11) is 0. The van der Waals surface area contributed by atoms with Gasteiger partial charge in [-0.05, 0) is 45.4 Å². The maximum atomic E-state index is 12.7. The minimum absolute atomic E-state index is 0.00392. The van der Waals surface area contributed by atoms with Gasteiger partial charge in [0.05, 0.1) is 18.6 Å². The average molecular weight is 483 g/mol. The second kappa shape index (κ2) is 13.0. The first-order valence-corrected chi connectivity index (χ1v) is 11.3. The fourth-order valence-electron chi connectivity index (χ4n) is 2.71. The molecule has 0 aliphatic heterocycles. The number of esters is 1. The third-order valence-electron chi connectivity index (χ3n) is 4.64. The number of benzene rings is 1. The van der Waals surface area contributed by atoms with Crippen LogP contribution in [0.4, 0.5) is 9.59 Å². The highest BCUT2D eigenvalue weighted by atomic mass is 16.7. The van der Waals surface area contributed by atoms with Crippen molar-refractivity contribution in [2.24, 2.45) is 11.8 Å². The van der Waals surface area contributed by atoms with Gasteiger partial charge in [-0.1, -0.05) is 32.9 Å². The fourth-order valence-corrected chi connectivity index (χ4v) is 2.71. The Balaban J connectivity index is 2.68. The van der Waals surface area contributed by atoms with Gasteiger partial charge in [-0.2, -0.15) is 0 Å². The van der Waals surface area contributed by atoms with Crippen LogP contribution in [0.25, 0.3) is 0 Å². The second-order valence-corrected chi connectivity index (χ2v) is 9.37. The van der Waals surface area contributed by atoms with E-state index < -0.39 is 42.1 Å². The lowest BCUT2D eigenvalue weighted by atomic mass is 10.1. The van der Waals surface area contributed by atoms with Crippen LogP contribution in [0.5, 0.6) is 5.75 Å². The highest BCUT2D eigenvalue weighted by Gasteiger charge is 2.29. The molecule has 0 saturated heterocycles.